The number of amides is 3. The number of para-hydroxylation sites is 1. The van der Waals surface area contributed by atoms with Crippen molar-refractivity contribution in [1.29, 1.82) is 0 Å². The minimum absolute atomic E-state index is 0.107. The van der Waals surface area contributed by atoms with Crippen LogP contribution in [0, 0.1) is 11.8 Å². The lowest BCUT2D eigenvalue weighted by Gasteiger charge is -2.28. The van der Waals surface area contributed by atoms with Crippen LogP contribution in [0.3, 0.4) is 0 Å². The highest BCUT2D eigenvalue weighted by molar-refractivity contribution is 5.98. The summed E-state index contributed by atoms with van der Waals surface area (Å²) < 4.78 is 0. The zero-order valence-corrected chi connectivity index (χ0v) is 24.0. The number of hydrogen-bond acceptors (Lipinski definition) is 7. The predicted octanol–water partition coefficient (Wildman–Crippen LogP) is 3.92. The second-order valence-corrected chi connectivity index (χ2v) is 10.9. The summed E-state index contributed by atoms with van der Waals surface area (Å²) in [6.45, 7) is 2.11. The number of anilines is 2. The number of carbonyl (C=O) groups excluding carboxylic acids is 3. The van der Waals surface area contributed by atoms with Gasteiger partial charge < -0.3 is 21.7 Å². The van der Waals surface area contributed by atoms with Gasteiger partial charge in [-0.1, -0.05) is 42.5 Å². The quantitative estimate of drug-likeness (QED) is 0.189. The third-order valence-electron chi connectivity index (χ3n) is 7.88. The molecule has 1 fully saturated rings. The Bertz CT molecular complexity index is 1530. The Balaban J connectivity index is 1.32. The van der Waals surface area contributed by atoms with Gasteiger partial charge in [0.25, 0.3) is 0 Å². The van der Waals surface area contributed by atoms with E-state index in [4.69, 9.17) is 5.73 Å². The van der Waals surface area contributed by atoms with Crippen LogP contribution in [0.2, 0.25) is 0 Å². The lowest BCUT2D eigenvalue weighted by Crippen LogP contribution is -2.48. The Morgan fingerprint density at radius 2 is 1.60 bits per heavy atom. The molecule has 1 aliphatic rings. The van der Waals surface area contributed by atoms with Gasteiger partial charge in [0.2, 0.25) is 23.5 Å². The summed E-state index contributed by atoms with van der Waals surface area (Å²) in [6.07, 6.45) is 3.67. The van der Waals surface area contributed by atoms with E-state index in [-0.39, 0.29) is 23.6 Å². The zero-order valence-electron chi connectivity index (χ0n) is 24.0. The van der Waals surface area contributed by atoms with Gasteiger partial charge in [0.15, 0.2) is 0 Å². The molecule has 1 aliphatic carbocycles. The van der Waals surface area contributed by atoms with Gasteiger partial charge in [-0.05, 0) is 84.8 Å². The van der Waals surface area contributed by atoms with E-state index in [1.54, 1.807) is 24.3 Å². The molecule has 1 aromatic heterocycles. The third kappa shape index (κ3) is 7.69. The van der Waals surface area contributed by atoms with Crippen molar-refractivity contribution in [3.8, 4) is 22.5 Å². The standard InChI is InChI=1S/C32H36N8O3/c1-20(41)34-28-5-3-2-4-27(28)23-10-6-21(7-11-23)18-29(36-31(42)25-12-8-22(19-33)9-13-25)32(43)35-26-16-14-24(15-17-26)30-37-39-40-38-30/h2-7,10-11,14-17,22,25,29H,8-9,12-13,18-19,33H2,1H3,(H,34,41)(H,35,43)(H,36,42)(H,37,38,39,40). The Labute approximate surface area is 250 Å². The number of benzene rings is 3. The van der Waals surface area contributed by atoms with Crippen LogP contribution in [0.4, 0.5) is 11.4 Å². The smallest absolute Gasteiger partial charge is 0.247 e. The number of aromatic amines is 1. The number of nitrogens with one attached hydrogen (secondary N) is 4. The molecule has 11 heteroatoms. The second kappa shape index (κ2) is 13.8. The predicted molar refractivity (Wildman–Crippen MR) is 165 cm³/mol. The molecule has 3 aromatic carbocycles. The minimum Gasteiger partial charge on any atom is -0.344 e. The van der Waals surface area contributed by atoms with E-state index in [0.29, 0.717) is 30.4 Å². The molecule has 0 spiro atoms. The number of nitrogens with two attached hydrogens (primary N) is 1. The van der Waals surface area contributed by atoms with Crippen LogP contribution in [0.15, 0.2) is 72.8 Å². The van der Waals surface area contributed by atoms with Gasteiger partial charge in [0.05, 0.1) is 0 Å². The highest BCUT2D eigenvalue weighted by atomic mass is 16.2. The van der Waals surface area contributed by atoms with Crippen LogP contribution in [0.1, 0.15) is 38.2 Å². The van der Waals surface area contributed by atoms with Crippen molar-refractivity contribution >= 4 is 29.1 Å². The number of nitrogens with zero attached hydrogens (tertiary/aromatic N) is 3. The summed E-state index contributed by atoms with van der Waals surface area (Å²) in [5, 5.41) is 22.8. The van der Waals surface area contributed by atoms with E-state index in [1.165, 1.54) is 6.92 Å². The van der Waals surface area contributed by atoms with Crippen LogP contribution < -0.4 is 21.7 Å². The van der Waals surface area contributed by atoms with Gasteiger partial charge in [-0.3, -0.25) is 14.4 Å². The first kappa shape index (κ1) is 29.6. The number of carbonyl (C=O) groups is 3. The van der Waals surface area contributed by atoms with Crippen LogP contribution >= 0.6 is 0 Å². The molecule has 43 heavy (non-hydrogen) atoms. The summed E-state index contributed by atoms with van der Waals surface area (Å²) >= 11 is 0. The van der Waals surface area contributed by atoms with Gasteiger partial charge >= 0.3 is 0 Å². The summed E-state index contributed by atoms with van der Waals surface area (Å²) in [4.78, 5) is 38.5. The van der Waals surface area contributed by atoms with E-state index in [1.807, 2.05) is 48.5 Å². The van der Waals surface area contributed by atoms with Crippen molar-refractivity contribution in [3.63, 3.8) is 0 Å². The maximum absolute atomic E-state index is 13.6. The van der Waals surface area contributed by atoms with Gasteiger partial charge in [-0.15, -0.1) is 10.2 Å². The van der Waals surface area contributed by atoms with Gasteiger partial charge in [0.1, 0.15) is 6.04 Å². The minimum atomic E-state index is -0.783. The van der Waals surface area contributed by atoms with E-state index in [0.717, 1.165) is 53.6 Å². The van der Waals surface area contributed by atoms with E-state index < -0.39 is 6.04 Å². The Morgan fingerprint density at radius 3 is 2.26 bits per heavy atom. The van der Waals surface area contributed by atoms with Crippen molar-refractivity contribution in [1.82, 2.24) is 25.9 Å². The third-order valence-corrected chi connectivity index (χ3v) is 7.88. The highest BCUT2D eigenvalue weighted by Crippen LogP contribution is 2.30. The molecule has 3 amide bonds. The molecular formula is C32H36N8O3. The fraction of sp³-hybridized carbons (Fsp3) is 0.312. The molecular weight excluding hydrogens is 544 g/mol. The summed E-state index contributed by atoms with van der Waals surface area (Å²) in [5.74, 6) is 0.207. The monoisotopic (exact) mass is 580 g/mol. The van der Waals surface area contributed by atoms with Crippen LogP contribution in [-0.2, 0) is 20.8 Å². The zero-order chi connectivity index (χ0) is 30.2. The lowest BCUT2D eigenvalue weighted by atomic mass is 9.81. The van der Waals surface area contributed by atoms with Crippen molar-refractivity contribution in [2.45, 2.75) is 45.1 Å². The van der Waals surface area contributed by atoms with Crippen molar-refractivity contribution < 1.29 is 14.4 Å². The molecule has 11 nitrogen and oxygen atoms in total. The first-order valence-corrected chi connectivity index (χ1v) is 14.5. The maximum Gasteiger partial charge on any atom is 0.247 e. The van der Waals surface area contributed by atoms with Gasteiger partial charge in [0, 0.05) is 41.8 Å². The largest absolute Gasteiger partial charge is 0.344 e. The molecule has 5 rings (SSSR count). The normalized spacial score (nSPS) is 17.1. The summed E-state index contributed by atoms with van der Waals surface area (Å²) in [5.41, 5.74) is 10.6. The molecule has 0 bridgehead atoms. The molecule has 4 aromatic rings. The molecule has 1 unspecified atom stereocenters. The van der Waals surface area contributed by atoms with Crippen molar-refractivity contribution in [2.24, 2.45) is 17.6 Å². The van der Waals surface area contributed by atoms with Crippen LogP contribution in [-0.4, -0.2) is 50.9 Å². The van der Waals surface area contributed by atoms with Crippen LogP contribution in [0.5, 0.6) is 0 Å². The average molecular weight is 581 g/mol. The van der Waals surface area contributed by atoms with Crippen molar-refractivity contribution in [3.05, 3.63) is 78.4 Å². The Hall–Kier alpha value is -4.90. The number of rotatable bonds is 10. The van der Waals surface area contributed by atoms with Crippen LogP contribution in [0.25, 0.3) is 22.5 Å². The molecule has 6 N–H and O–H groups in total. The number of H-pyrrole nitrogens is 1. The first-order valence-electron chi connectivity index (χ1n) is 14.5. The number of hydrogen-bond donors (Lipinski definition) is 5. The first-order chi connectivity index (χ1) is 20.9. The second-order valence-electron chi connectivity index (χ2n) is 10.9. The van der Waals surface area contributed by atoms with E-state index in [2.05, 4.69) is 36.6 Å². The van der Waals surface area contributed by atoms with Gasteiger partial charge in [-0.2, -0.15) is 5.21 Å². The number of aromatic nitrogens is 4. The Kier molecular flexibility index (Phi) is 9.52. The average Bonchev–Trinajstić information content (AvgIpc) is 3.57. The van der Waals surface area contributed by atoms with E-state index in [9.17, 15) is 14.4 Å². The Morgan fingerprint density at radius 1 is 0.907 bits per heavy atom. The molecule has 222 valence electrons. The molecule has 0 saturated heterocycles. The molecule has 0 aliphatic heterocycles. The lowest BCUT2D eigenvalue weighted by molar-refractivity contribution is -0.130. The molecule has 1 saturated carbocycles. The van der Waals surface area contributed by atoms with Gasteiger partial charge in [-0.25, -0.2) is 0 Å². The summed E-state index contributed by atoms with van der Waals surface area (Å²) in [6, 6.07) is 21.7. The SMILES string of the molecule is CC(=O)Nc1ccccc1-c1ccc(CC(NC(=O)C2CCC(CN)CC2)C(=O)Nc2ccc(-c3nn[nH]n3)cc2)cc1. The molecule has 1 atom stereocenters. The number of tetrazole rings is 1. The van der Waals surface area contributed by atoms with E-state index >= 15 is 0 Å². The summed E-state index contributed by atoms with van der Waals surface area (Å²) in [7, 11) is 0. The fourth-order valence-electron chi connectivity index (χ4n) is 5.46. The maximum atomic E-state index is 13.6. The molecule has 0 radical (unpaired) electrons. The topological polar surface area (TPSA) is 168 Å². The molecule has 1 heterocycles. The fourth-order valence-corrected chi connectivity index (χ4v) is 5.46. The van der Waals surface area contributed by atoms with Crippen molar-refractivity contribution in [2.75, 3.05) is 17.2 Å². The highest BCUT2D eigenvalue weighted by Gasteiger charge is 2.29.